The molecule has 0 aliphatic carbocycles. The first kappa shape index (κ1) is 16.3. The summed E-state index contributed by atoms with van der Waals surface area (Å²) in [4.78, 5) is 15.1. The molecule has 1 saturated heterocycles. The number of para-hydroxylation sites is 1. The van der Waals surface area contributed by atoms with Crippen LogP contribution in [-0.2, 0) is 9.53 Å². The van der Waals surface area contributed by atoms with E-state index in [-0.39, 0.29) is 11.9 Å². The largest absolute Gasteiger partial charge is 0.493 e. The second-order valence-corrected chi connectivity index (χ2v) is 6.81. The van der Waals surface area contributed by atoms with Gasteiger partial charge in [-0.15, -0.1) is 0 Å². The topological polar surface area (TPSA) is 50.8 Å². The van der Waals surface area contributed by atoms with Crippen LogP contribution in [0.15, 0.2) is 18.2 Å². The summed E-state index contributed by atoms with van der Waals surface area (Å²) in [7, 11) is 0. The molecule has 2 heterocycles. The first-order valence-corrected chi connectivity index (χ1v) is 8.36. The summed E-state index contributed by atoms with van der Waals surface area (Å²) >= 11 is 0. The lowest BCUT2D eigenvalue weighted by Crippen LogP contribution is -2.58. The summed E-state index contributed by atoms with van der Waals surface area (Å²) in [5, 5.41) is 3.24. The molecule has 1 amide bonds. The van der Waals surface area contributed by atoms with Gasteiger partial charge in [-0.25, -0.2) is 0 Å². The lowest BCUT2D eigenvalue weighted by atomic mass is 9.95. The molecule has 1 atom stereocenters. The van der Waals surface area contributed by atoms with Crippen molar-refractivity contribution < 1.29 is 14.3 Å². The molecule has 0 radical (unpaired) electrons. The highest BCUT2D eigenvalue weighted by Crippen LogP contribution is 2.35. The van der Waals surface area contributed by atoms with Crippen LogP contribution < -0.4 is 10.1 Å². The molecular formula is C18H26N2O3. The van der Waals surface area contributed by atoms with Crippen molar-refractivity contribution in [1.29, 1.82) is 0 Å². The lowest BCUT2D eigenvalue weighted by Gasteiger charge is -2.40. The third-order valence-electron chi connectivity index (χ3n) is 4.93. The second-order valence-electron chi connectivity index (χ2n) is 6.81. The molecule has 0 aromatic heterocycles. The van der Waals surface area contributed by atoms with Gasteiger partial charge in [0.2, 0.25) is 5.91 Å². The Morgan fingerprint density at radius 1 is 1.26 bits per heavy atom. The van der Waals surface area contributed by atoms with Crippen LogP contribution in [0, 0.1) is 6.92 Å². The first-order valence-electron chi connectivity index (χ1n) is 8.36. The van der Waals surface area contributed by atoms with Crippen molar-refractivity contribution in [3.8, 4) is 5.75 Å². The van der Waals surface area contributed by atoms with Crippen LogP contribution in [0.3, 0.4) is 0 Å². The molecule has 1 aromatic rings. The molecule has 2 aliphatic heterocycles. The minimum atomic E-state index is -0.536. The van der Waals surface area contributed by atoms with Crippen molar-refractivity contribution >= 4 is 5.91 Å². The molecule has 2 aliphatic rings. The molecule has 126 valence electrons. The van der Waals surface area contributed by atoms with E-state index in [0.29, 0.717) is 19.8 Å². The Morgan fingerprint density at radius 3 is 2.74 bits per heavy atom. The summed E-state index contributed by atoms with van der Waals surface area (Å²) < 4.78 is 11.2. The number of carbonyl (C=O) groups excluding carboxylic acids is 1. The monoisotopic (exact) mass is 318 g/mol. The number of morpholine rings is 1. The fourth-order valence-electron chi connectivity index (χ4n) is 3.33. The van der Waals surface area contributed by atoms with E-state index in [1.54, 1.807) is 0 Å². The Kier molecular flexibility index (Phi) is 4.60. The number of benzene rings is 1. The maximum absolute atomic E-state index is 12.9. The molecule has 1 fully saturated rings. The summed E-state index contributed by atoms with van der Waals surface area (Å²) in [5.74, 6) is 0.993. The number of carbonyl (C=O) groups is 1. The van der Waals surface area contributed by atoms with Gasteiger partial charge in [0.05, 0.1) is 31.4 Å². The van der Waals surface area contributed by atoms with Gasteiger partial charge in [-0.2, -0.15) is 0 Å². The van der Waals surface area contributed by atoms with Gasteiger partial charge >= 0.3 is 0 Å². The zero-order valence-electron chi connectivity index (χ0n) is 14.2. The van der Waals surface area contributed by atoms with E-state index in [1.807, 2.05) is 39.0 Å². The highest BCUT2D eigenvalue weighted by atomic mass is 16.5. The highest BCUT2D eigenvalue weighted by molar-refractivity contribution is 5.86. The minimum absolute atomic E-state index is 0.0199. The summed E-state index contributed by atoms with van der Waals surface area (Å²) in [6.45, 7) is 9.63. The number of nitrogens with zero attached hydrogens (tertiary/aromatic N) is 1. The molecule has 0 spiro atoms. The maximum Gasteiger partial charge on any atom is 0.240 e. The van der Waals surface area contributed by atoms with Gasteiger partial charge in [0.25, 0.3) is 0 Å². The van der Waals surface area contributed by atoms with E-state index in [4.69, 9.17) is 9.47 Å². The smallest absolute Gasteiger partial charge is 0.240 e. The molecule has 1 N–H and O–H groups in total. The number of ether oxygens (including phenoxy) is 2. The lowest BCUT2D eigenvalue weighted by molar-refractivity contribution is -0.135. The van der Waals surface area contributed by atoms with Crippen molar-refractivity contribution in [3.05, 3.63) is 29.3 Å². The fourth-order valence-corrected chi connectivity index (χ4v) is 3.33. The molecule has 0 bridgehead atoms. The Labute approximate surface area is 137 Å². The minimum Gasteiger partial charge on any atom is -0.493 e. The summed E-state index contributed by atoms with van der Waals surface area (Å²) in [5.41, 5.74) is 1.67. The molecule has 0 saturated carbocycles. The molecule has 0 unspecified atom stereocenters. The van der Waals surface area contributed by atoms with Crippen LogP contribution in [0.5, 0.6) is 5.75 Å². The molecule has 5 nitrogen and oxygen atoms in total. The third-order valence-corrected chi connectivity index (χ3v) is 4.93. The average Bonchev–Trinajstić information content (AvgIpc) is 2.56. The van der Waals surface area contributed by atoms with Crippen LogP contribution in [0.4, 0.5) is 0 Å². The Balaban J connectivity index is 1.75. The van der Waals surface area contributed by atoms with Crippen molar-refractivity contribution in [3.63, 3.8) is 0 Å². The number of aryl methyl sites for hydroxylation is 1. The standard InChI is InChI=1S/C18H26N2O3/c1-13-5-4-6-14-15(7-10-23-16(13)14)19-17(21)18(2,3)20-8-11-22-12-9-20/h4-6,15H,7-12H2,1-3H3,(H,19,21)/t15-/m1/s1. The van der Waals surface area contributed by atoms with Gasteiger partial charge in [-0.3, -0.25) is 9.69 Å². The Bertz CT molecular complexity index is 580. The predicted octanol–water partition coefficient (Wildman–Crippen LogP) is 2.05. The Morgan fingerprint density at radius 2 is 2.00 bits per heavy atom. The van der Waals surface area contributed by atoms with Crippen molar-refractivity contribution in [2.45, 2.75) is 38.8 Å². The maximum atomic E-state index is 12.9. The van der Waals surface area contributed by atoms with E-state index < -0.39 is 5.54 Å². The Hall–Kier alpha value is -1.59. The van der Waals surface area contributed by atoms with Gasteiger partial charge in [-0.05, 0) is 26.3 Å². The summed E-state index contributed by atoms with van der Waals surface area (Å²) in [6.07, 6.45) is 0.807. The van der Waals surface area contributed by atoms with Crippen molar-refractivity contribution in [2.24, 2.45) is 0 Å². The van der Waals surface area contributed by atoms with E-state index in [1.165, 1.54) is 0 Å². The van der Waals surface area contributed by atoms with Gasteiger partial charge < -0.3 is 14.8 Å². The number of fused-ring (bicyclic) bond motifs is 1. The molecule has 3 rings (SSSR count). The number of amides is 1. The predicted molar refractivity (Wildman–Crippen MR) is 88.6 cm³/mol. The van der Waals surface area contributed by atoms with Gasteiger partial charge in [0.15, 0.2) is 0 Å². The first-order chi connectivity index (χ1) is 11.0. The fraction of sp³-hybridized carbons (Fsp3) is 0.611. The van der Waals surface area contributed by atoms with E-state index in [2.05, 4.69) is 10.2 Å². The summed E-state index contributed by atoms with van der Waals surface area (Å²) in [6, 6.07) is 6.13. The van der Waals surface area contributed by atoms with E-state index >= 15 is 0 Å². The number of hydrogen-bond donors (Lipinski definition) is 1. The highest BCUT2D eigenvalue weighted by Gasteiger charge is 2.37. The van der Waals surface area contributed by atoms with E-state index in [0.717, 1.165) is 36.4 Å². The molecular weight excluding hydrogens is 292 g/mol. The van der Waals surface area contributed by atoms with Gasteiger partial charge in [0, 0.05) is 25.1 Å². The number of rotatable bonds is 3. The zero-order valence-corrected chi connectivity index (χ0v) is 14.2. The van der Waals surface area contributed by atoms with Crippen LogP contribution in [0.1, 0.15) is 37.4 Å². The number of nitrogens with one attached hydrogen (secondary N) is 1. The third kappa shape index (κ3) is 3.21. The SMILES string of the molecule is Cc1cccc2c1OCC[C@H]2NC(=O)C(C)(C)N1CCOCC1. The van der Waals surface area contributed by atoms with Crippen LogP contribution in [0.25, 0.3) is 0 Å². The van der Waals surface area contributed by atoms with Crippen LogP contribution in [-0.4, -0.2) is 49.3 Å². The quantitative estimate of drug-likeness (QED) is 0.927. The molecule has 5 heteroatoms. The van der Waals surface area contributed by atoms with Crippen LogP contribution >= 0.6 is 0 Å². The van der Waals surface area contributed by atoms with Gasteiger partial charge in [0.1, 0.15) is 5.75 Å². The van der Waals surface area contributed by atoms with Crippen molar-refractivity contribution in [1.82, 2.24) is 10.2 Å². The zero-order chi connectivity index (χ0) is 16.4. The van der Waals surface area contributed by atoms with E-state index in [9.17, 15) is 4.79 Å². The second kappa shape index (κ2) is 6.49. The van der Waals surface area contributed by atoms with Crippen LogP contribution in [0.2, 0.25) is 0 Å². The number of hydrogen-bond acceptors (Lipinski definition) is 4. The van der Waals surface area contributed by atoms with Gasteiger partial charge in [-0.1, -0.05) is 18.2 Å². The molecule has 23 heavy (non-hydrogen) atoms. The molecule has 1 aromatic carbocycles. The normalized spacial score (nSPS) is 22.1. The average molecular weight is 318 g/mol. The van der Waals surface area contributed by atoms with Crippen molar-refractivity contribution in [2.75, 3.05) is 32.9 Å².